The third-order valence-electron chi connectivity index (χ3n) is 2.37. The predicted molar refractivity (Wildman–Crippen MR) is 56.3 cm³/mol. The van der Waals surface area contributed by atoms with Gasteiger partial charge in [-0.05, 0) is 19.8 Å². The molecule has 1 aromatic heterocycles. The lowest BCUT2D eigenvalue weighted by atomic mass is 9.94. The molecule has 0 unspecified atom stereocenters. The first-order valence-corrected chi connectivity index (χ1v) is 6.57. The molecule has 1 saturated carbocycles. The molecule has 7 heteroatoms. The maximum atomic E-state index is 11.7. The number of alkyl halides is 1. The van der Waals surface area contributed by atoms with E-state index in [0.717, 1.165) is 0 Å². The van der Waals surface area contributed by atoms with E-state index in [-0.39, 0.29) is 16.4 Å². The first kappa shape index (κ1) is 10.9. The molecule has 0 saturated heterocycles. The van der Waals surface area contributed by atoms with Gasteiger partial charge in [0, 0.05) is 11.4 Å². The van der Waals surface area contributed by atoms with Crippen LogP contribution >= 0.6 is 11.6 Å². The molecule has 2 N–H and O–H groups in total. The Bertz CT molecular complexity index is 450. The minimum Gasteiger partial charge on any atom is -0.332 e. The Morgan fingerprint density at radius 3 is 2.73 bits per heavy atom. The molecular formula is C8H12ClN3O2S. The lowest BCUT2D eigenvalue weighted by molar-refractivity contribution is 0.391. The Balaban J connectivity index is 2.07. The van der Waals surface area contributed by atoms with Gasteiger partial charge in [-0.15, -0.1) is 11.6 Å². The molecule has 1 fully saturated rings. The Kier molecular flexibility index (Phi) is 2.74. The molecule has 0 amide bonds. The molecule has 1 aliphatic rings. The highest BCUT2D eigenvalue weighted by molar-refractivity contribution is 7.89. The normalized spacial score (nSPS) is 26.3. The average molecular weight is 250 g/mol. The van der Waals surface area contributed by atoms with Gasteiger partial charge in [0.2, 0.25) is 0 Å². The van der Waals surface area contributed by atoms with E-state index in [0.29, 0.717) is 18.7 Å². The topological polar surface area (TPSA) is 74.8 Å². The summed E-state index contributed by atoms with van der Waals surface area (Å²) in [5.74, 6) is 0.583. The summed E-state index contributed by atoms with van der Waals surface area (Å²) < 4.78 is 26.0. The largest absolute Gasteiger partial charge is 0.332 e. The molecule has 0 spiro atoms. The molecule has 0 aliphatic heterocycles. The monoisotopic (exact) mass is 249 g/mol. The van der Waals surface area contributed by atoms with Crippen molar-refractivity contribution in [2.24, 2.45) is 0 Å². The van der Waals surface area contributed by atoms with Crippen molar-refractivity contribution in [2.75, 3.05) is 0 Å². The summed E-state index contributed by atoms with van der Waals surface area (Å²) in [5, 5.41) is 0.208. The van der Waals surface area contributed by atoms with Gasteiger partial charge < -0.3 is 4.98 Å². The van der Waals surface area contributed by atoms with Crippen LogP contribution in [0.15, 0.2) is 11.2 Å². The van der Waals surface area contributed by atoms with Gasteiger partial charge in [0.05, 0.1) is 6.20 Å². The highest BCUT2D eigenvalue weighted by Crippen LogP contribution is 2.26. The molecule has 0 atom stereocenters. The fourth-order valence-corrected chi connectivity index (χ4v) is 3.12. The van der Waals surface area contributed by atoms with Gasteiger partial charge in [-0.3, -0.25) is 0 Å². The first-order valence-electron chi connectivity index (χ1n) is 4.65. The highest BCUT2D eigenvalue weighted by atomic mass is 35.5. The Hall–Kier alpha value is -0.590. The average Bonchev–Trinajstić information content (AvgIpc) is 2.49. The Morgan fingerprint density at radius 1 is 1.60 bits per heavy atom. The minimum atomic E-state index is -3.45. The van der Waals surface area contributed by atoms with Crippen LogP contribution < -0.4 is 4.72 Å². The van der Waals surface area contributed by atoms with E-state index in [2.05, 4.69) is 14.7 Å². The summed E-state index contributed by atoms with van der Waals surface area (Å²) >= 11 is 5.77. The van der Waals surface area contributed by atoms with Crippen molar-refractivity contribution in [1.29, 1.82) is 0 Å². The summed E-state index contributed by atoms with van der Waals surface area (Å²) in [5.41, 5.74) is 0. The summed E-state index contributed by atoms with van der Waals surface area (Å²) in [6.45, 7) is 1.71. The predicted octanol–water partition coefficient (Wildman–Crippen LogP) is 0.766. The van der Waals surface area contributed by atoms with Crippen molar-refractivity contribution in [1.82, 2.24) is 14.7 Å². The van der Waals surface area contributed by atoms with Crippen LogP contribution in [0.5, 0.6) is 0 Å². The summed E-state index contributed by atoms with van der Waals surface area (Å²) in [4.78, 5) is 6.53. The SMILES string of the molecule is Cc1ncc(S(=O)(=O)NC2CC(Cl)C2)[nH]1. The van der Waals surface area contributed by atoms with Crippen molar-refractivity contribution in [3.8, 4) is 0 Å². The number of rotatable bonds is 3. The number of aromatic nitrogens is 2. The fourth-order valence-electron chi connectivity index (χ4n) is 1.46. The molecule has 5 nitrogen and oxygen atoms in total. The highest BCUT2D eigenvalue weighted by Gasteiger charge is 2.31. The van der Waals surface area contributed by atoms with E-state index in [1.54, 1.807) is 6.92 Å². The zero-order valence-corrected chi connectivity index (χ0v) is 9.77. The van der Waals surface area contributed by atoms with Gasteiger partial charge in [-0.25, -0.2) is 18.1 Å². The van der Waals surface area contributed by atoms with E-state index >= 15 is 0 Å². The number of H-pyrrole nitrogens is 1. The Morgan fingerprint density at radius 2 is 2.27 bits per heavy atom. The van der Waals surface area contributed by atoms with Gasteiger partial charge >= 0.3 is 0 Å². The number of hydrogen-bond acceptors (Lipinski definition) is 3. The molecule has 2 rings (SSSR count). The third-order valence-corrected chi connectivity index (χ3v) is 4.16. The van der Waals surface area contributed by atoms with Crippen molar-refractivity contribution < 1.29 is 8.42 Å². The molecule has 84 valence electrons. The quantitative estimate of drug-likeness (QED) is 0.777. The number of aryl methyl sites for hydroxylation is 1. The number of nitrogens with one attached hydrogen (secondary N) is 2. The summed E-state index contributed by atoms with van der Waals surface area (Å²) in [6, 6.07) is -0.0406. The van der Waals surface area contributed by atoms with Crippen LogP contribution in [-0.2, 0) is 10.0 Å². The number of sulfonamides is 1. The maximum Gasteiger partial charge on any atom is 0.257 e. The number of imidazole rings is 1. The van der Waals surface area contributed by atoms with Crippen molar-refractivity contribution in [2.45, 2.75) is 36.2 Å². The molecule has 0 bridgehead atoms. The van der Waals surface area contributed by atoms with Crippen molar-refractivity contribution in [3.05, 3.63) is 12.0 Å². The lowest BCUT2D eigenvalue weighted by Crippen LogP contribution is -2.44. The van der Waals surface area contributed by atoms with Crippen molar-refractivity contribution in [3.63, 3.8) is 0 Å². The van der Waals surface area contributed by atoms with E-state index in [1.807, 2.05) is 0 Å². The smallest absolute Gasteiger partial charge is 0.257 e. The van der Waals surface area contributed by atoms with Gasteiger partial charge in [-0.2, -0.15) is 0 Å². The van der Waals surface area contributed by atoms with Crippen LogP contribution in [0.2, 0.25) is 0 Å². The Labute approximate surface area is 93.3 Å². The van der Waals surface area contributed by atoms with E-state index in [9.17, 15) is 8.42 Å². The van der Waals surface area contributed by atoms with Crippen LogP contribution in [0.3, 0.4) is 0 Å². The second kappa shape index (κ2) is 3.77. The molecule has 1 aromatic rings. The second-order valence-corrected chi connectivity index (χ2v) is 6.02. The molecule has 1 heterocycles. The number of halogens is 1. The standard InChI is InChI=1S/C8H12ClN3O2S/c1-5-10-4-8(11-5)15(13,14)12-7-2-6(9)3-7/h4,6-7,12H,2-3H2,1H3,(H,10,11). The van der Waals surface area contributed by atoms with E-state index < -0.39 is 10.0 Å². The minimum absolute atomic E-state index is 0.0406. The fraction of sp³-hybridized carbons (Fsp3) is 0.625. The molecular weight excluding hydrogens is 238 g/mol. The number of aromatic amines is 1. The molecule has 15 heavy (non-hydrogen) atoms. The number of nitrogens with zero attached hydrogens (tertiary/aromatic N) is 1. The maximum absolute atomic E-state index is 11.7. The van der Waals surface area contributed by atoms with Gasteiger partial charge in [0.15, 0.2) is 5.03 Å². The van der Waals surface area contributed by atoms with Crippen LogP contribution in [0.25, 0.3) is 0 Å². The third kappa shape index (κ3) is 2.32. The molecule has 0 aromatic carbocycles. The van der Waals surface area contributed by atoms with Crippen molar-refractivity contribution >= 4 is 21.6 Å². The van der Waals surface area contributed by atoms with Gasteiger partial charge in [0.25, 0.3) is 10.0 Å². The molecule has 1 aliphatic carbocycles. The van der Waals surface area contributed by atoms with Gasteiger partial charge in [0.1, 0.15) is 5.82 Å². The van der Waals surface area contributed by atoms with Crippen LogP contribution in [-0.4, -0.2) is 29.8 Å². The van der Waals surface area contributed by atoms with Crippen LogP contribution in [0.4, 0.5) is 0 Å². The second-order valence-electron chi connectivity index (χ2n) is 3.72. The zero-order valence-electron chi connectivity index (χ0n) is 8.20. The summed E-state index contributed by atoms with van der Waals surface area (Å²) in [6.07, 6.45) is 2.69. The lowest BCUT2D eigenvalue weighted by Gasteiger charge is -2.30. The van der Waals surface area contributed by atoms with E-state index in [1.165, 1.54) is 6.20 Å². The molecule has 0 radical (unpaired) electrons. The zero-order chi connectivity index (χ0) is 11.1. The summed E-state index contributed by atoms with van der Waals surface area (Å²) in [7, 11) is -3.45. The van der Waals surface area contributed by atoms with E-state index in [4.69, 9.17) is 11.6 Å². The van der Waals surface area contributed by atoms with Crippen LogP contribution in [0, 0.1) is 6.92 Å². The first-order chi connectivity index (χ1) is 6.97. The van der Waals surface area contributed by atoms with Crippen LogP contribution in [0.1, 0.15) is 18.7 Å². The number of hydrogen-bond donors (Lipinski definition) is 2. The van der Waals surface area contributed by atoms with Gasteiger partial charge in [-0.1, -0.05) is 0 Å².